The van der Waals surface area contributed by atoms with Crippen LogP contribution in [0.3, 0.4) is 0 Å². The van der Waals surface area contributed by atoms with Gasteiger partial charge in [-0.25, -0.2) is 8.42 Å². The highest BCUT2D eigenvalue weighted by Crippen LogP contribution is 2.33. The minimum Gasteiger partial charge on any atom is -0.352 e. The van der Waals surface area contributed by atoms with E-state index in [0.717, 1.165) is 23.3 Å². The maximum absolute atomic E-state index is 14.5. The summed E-state index contributed by atoms with van der Waals surface area (Å²) in [7, 11) is -4.53. The number of nitrogens with zero attached hydrogens (tertiary/aromatic N) is 2. The van der Waals surface area contributed by atoms with Crippen LogP contribution in [0.2, 0.25) is 0 Å². The Bertz CT molecular complexity index is 1750. The second-order valence-electron chi connectivity index (χ2n) is 11.4. The molecule has 47 heavy (non-hydrogen) atoms. The van der Waals surface area contributed by atoms with Gasteiger partial charge in [-0.3, -0.25) is 13.9 Å². The number of aryl methyl sites for hydroxylation is 1. The van der Waals surface area contributed by atoms with Gasteiger partial charge in [-0.05, 0) is 61.7 Å². The first kappa shape index (κ1) is 35.2. The standard InChI is InChI=1S/C36H38F3N3O4S/c1-4-27(3)40-35(44)33(22-28-12-7-5-8-13-28)41(24-29-20-18-26(2)19-21-29)34(43)25-42(47(45,46)32-16-9-6-10-17-32)31-15-11-14-30(23-31)36(37,38)39/h5-21,23,27,33H,4,22,24-25H2,1-3H3,(H,40,44)/t27-,33-/m0/s1. The van der Waals surface area contributed by atoms with Crippen LogP contribution in [0.4, 0.5) is 18.9 Å². The number of rotatable bonds is 13. The molecule has 0 fully saturated rings. The number of carbonyl (C=O) groups excluding carboxylic acids is 2. The molecule has 248 valence electrons. The Balaban J connectivity index is 1.84. The van der Waals surface area contributed by atoms with Crippen LogP contribution in [0.1, 0.15) is 42.5 Å². The molecule has 0 spiro atoms. The fraction of sp³-hybridized carbons (Fsp3) is 0.278. The average Bonchev–Trinajstić information content (AvgIpc) is 3.06. The highest BCUT2D eigenvalue weighted by atomic mass is 32.2. The van der Waals surface area contributed by atoms with Gasteiger partial charge in [0, 0.05) is 19.0 Å². The van der Waals surface area contributed by atoms with Crippen LogP contribution in [0, 0.1) is 6.92 Å². The topological polar surface area (TPSA) is 86.8 Å². The molecule has 1 N–H and O–H groups in total. The first-order valence-corrected chi connectivity index (χ1v) is 16.7. The number of nitrogens with one attached hydrogen (secondary N) is 1. The van der Waals surface area contributed by atoms with Crippen molar-refractivity contribution in [2.24, 2.45) is 0 Å². The number of sulfonamides is 1. The number of halogens is 3. The van der Waals surface area contributed by atoms with Crippen molar-refractivity contribution in [1.82, 2.24) is 10.2 Å². The normalized spacial score (nSPS) is 13.0. The third-order valence-electron chi connectivity index (χ3n) is 7.82. The summed E-state index contributed by atoms with van der Waals surface area (Å²) in [5.41, 5.74) is 1.03. The van der Waals surface area contributed by atoms with Gasteiger partial charge < -0.3 is 10.2 Å². The van der Waals surface area contributed by atoms with Crippen molar-refractivity contribution in [3.05, 3.63) is 131 Å². The molecule has 0 unspecified atom stereocenters. The van der Waals surface area contributed by atoms with Crippen LogP contribution in [0.25, 0.3) is 0 Å². The van der Waals surface area contributed by atoms with Crippen LogP contribution in [-0.4, -0.2) is 43.8 Å². The molecule has 4 aromatic rings. The lowest BCUT2D eigenvalue weighted by atomic mass is 10.0. The van der Waals surface area contributed by atoms with E-state index in [0.29, 0.717) is 22.4 Å². The number of hydrogen-bond acceptors (Lipinski definition) is 4. The van der Waals surface area contributed by atoms with Gasteiger partial charge in [-0.2, -0.15) is 13.2 Å². The van der Waals surface area contributed by atoms with Gasteiger partial charge in [0.25, 0.3) is 10.0 Å². The van der Waals surface area contributed by atoms with E-state index in [1.807, 2.05) is 75.4 Å². The van der Waals surface area contributed by atoms with Crippen molar-refractivity contribution in [3.63, 3.8) is 0 Å². The molecule has 0 radical (unpaired) electrons. The molecule has 0 heterocycles. The zero-order chi connectivity index (χ0) is 34.2. The molecule has 0 saturated heterocycles. The molecule has 2 atom stereocenters. The summed E-state index contributed by atoms with van der Waals surface area (Å²) >= 11 is 0. The van der Waals surface area contributed by atoms with Crippen LogP contribution in [0.15, 0.2) is 114 Å². The van der Waals surface area contributed by atoms with Crippen LogP contribution < -0.4 is 9.62 Å². The lowest BCUT2D eigenvalue weighted by Gasteiger charge is -2.34. The van der Waals surface area contributed by atoms with Crippen molar-refractivity contribution < 1.29 is 31.2 Å². The van der Waals surface area contributed by atoms with Gasteiger partial charge in [-0.15, -0.1) is 0 Å². The highest BCUT2D eigenvalue weighted by Gasteiger charge is 2.36. The predicted octanol–water partition coefficient (Wildman–Crippen LogP) is 6.76. The second-order valence-corrected chi connectivity index (χ2v) is 13.3. The zero-order valence-corrected chi connectivity index (χ0v) is 27.3. The van der Waals surface area contributed by atoms with E-state index in [1.165, 1.54) is 35.2 Å². The fourth-order valence-corrected chi connectivity index (χ4v) is 6.40. The summed E-state index contributed by atoms with van der Waals surface area (Å²) in [6.45, 7) is 4.75. The van der Waals surface area contributed by atoms with Crippen LogP contribution in [0.5, 0.6) is 0 Å². The van der Waals surface area contributed by atoms with Gasteiger partial charge in [0.05, 0.1) is 16.1 Å². The largest absolute Gasteiger partial charge is 0.416 e. The summed E-state index contributed by atoms with van der Waals surface area (Å²) in [5, 5.41) is 2.96. The predicted molar refractivity (Wildman–Crippen MR) is 176 cm³/mol. The van der Waals surface area contributed by atoms with Gasteiger partial charge in [0.1, 0.15) is 12.6 Å². The van der Waals surface area contributed by atoms with Crippen molar-refractivity contribution in [1.29, 1.82) is 0 Å². The van der Waals surface area contributed by atoms with E-state index >= 15 is 0 Å². The summed E-state index contributed by atoms with van der Waals surface area (Å²) in [6.07, 6.45) is -4.00. The monoisotopic (exact) mass is 665 g/mol. The first-order chi connectivity index (χ1) is 22.3. The summed E-state index contributed by atoms with van der Waals surface area (Å²) in [5.74, 6) is -1.19. The first-order valence-electron chi connectivity index (χ1n) is 15.2. The Morgan fingerprint density at radius 1 is 0.830 bits per heavy atom. The van der Waals surface area contributed by atoms with Crippen molar-refractivity contribution >= 4 is 27.5 Å². The zero-order valence-electron chi connectivity index (χ0n) is 26.4. The van der Waals surface area contributed by atoms with Gasteiger partial charge in [0.2, 0.25) is 11.8 Å². The smallest absolute Gasteiger partial charge is 0.352 e. The molecule has 2 amide bonds. The molecule has 11 heteroatoms. The molecule has 7 nitrogen and oxygen atoms in total. The highest BCUT2D eigenvalue weighted by molar-refractivity contribution is 7.92. The molecular formula is C36H38F3N3O4S. The van der Waals surface area contributed by atoms with Gasteiger partial charge >= 0.3 is 6.18 Å². The maximum Gasteiger partial charge on any atom is 0.416 e. The average molecular weight is 666 g/mol. The molecule has 0 aliphatic rings. The quantitative estimate of drug-likeness (QED) is 0.171. The Morgan fingerprint density at radius 2 is 1.45 bits per heavy atom. The van der Waals surface area contributed by atoms with E-state index in [2.05, 4.69) is 5.32 Å². The minimum absolute atomic E-state index is 0.0493. The molecule has 0 aliphatic carbocycles. The third kappa shape index (κ3) is 9.22. The Morgan fingerprint density at radius 3 is 2.04 bits per heavy atom. The summed E-state index contributed by atoms with van der Waals surface area (Å²) in [4.78, 5) is 29.5. The van der Waals surface area contributed by atoms with E-state index in [4.69, 9.17) is 0 Å². The lowest BCUT2D eigenvalue weighted by Crippen LogP contribution is -2.54. The third-order valence-corrected chi connectivity index (χ3v) is 9.61. The molecule has 0 saturated carbocycles. The number of carbonyl (C=O) groups is 2. The lowest BCUT2D eigenvalue weighted by molar-refractivity contribution is -0.140. The number of alkyl halides is 3. The molecule has 0 aromatic heterocycles. The number of hydrogen-bond donors (Lipinski definition) is 1. The van der Waals surface area contributed by atoms with Crippen molar-refractivity contribution in [2.75, 3.05) is 10.8 Å². The number of benzene rings is 4. The van der Waals surface area contributed by atoms with E-state index in [1.54, 1.807) is 6.07 Å². The van der Waals surface area contributed by atoms with E-state index in [-0.39, 0.29) is 29.6 Å². The number of amides is 2. The summed E-state index contributed by atoms with van der Waals surface area (Å²) in [6, 6.07) is 26.2. The van der Waals surface area contributed by atoms with Crippen molar-refractivity contribution in [3.8, 4) is 0 Å². The SMILES string of the molecule is CC[C@H](C)NC(=O)[C@H](Cc1ccccc1)N(Cc1ccc(C)cc1)C(=O)CN(c1cccc(C(F)(F)F)c1)S(=O)(=O)c1ccccc1. The van der Waals surface area contributed by atoms with Crippen molar-refractivity contribution in [2.45, 2.75) is 63.3 Å². The Kier molecular flexibility index (Phi) is 11.5. The molecule has 4 rings (SSSR count). The van der Waals surface area contributed by atoms with Gasteiger partial charge in [-0.1, -0.05) is 91.3 Å². The minimum atomic E-state index is -4.76. The van der Waals surface area contributed by atoms with Crippen LogP contribution >= 0.6 is 0 Å². The number of anilines is 1. The van der Waals surface area contributed by atoms with E-state index in [9.17, 15) is 31.2 Å². The van der Waals surface area contributed by atoms with Crippen LogP contribution in [-0.2, 0) is 38.8 Å². The molecule has 4 aromatic carbocycles. The maximum atomic E-state index is 14.5. The van der Waals surface area contributed by atoms with Gasteiger partial charge in [0.15, 0.2) is 0 Å². The Labute approximate surface area is 274 Å². The Hall–Kier alpha value is -4.64. The molecular weight excluding hydrogens is 627 g/mol. The second kappa shape index (κ2) is 15.3. The summed E-state index contributed by atoms with van der Waals surface area (Å²) < 4.78 is 70.0. The molecule has 0 aliphatic heterocycles. The fourth-order valence-electron chi connectivity index (χ4n) is 4.97. The van der Waals surface area contributed by atoms with E-state index < -0.39 is 46.2 Å². The molecule has 0 bridgehead atoms.